The van der Waals surface area contributed by atoms with Crippen molar-refractivity contribution in [3.8, 4) is 0 Å². The Labute approximate surface area is 110 Å². The van der Waals surface area contributed by atoms with Gasteiger partial charge in [0.25, 0.3) is 0 Å². The highest BCUT2D eigenvalue weighted by Crippen LogP contribution is 2.34. The topological polar surface area (TPSA) is 9.23 Å². The van der Waals surface area contributed by atoms with Gasteiger partial charge in [-0.1, -0.05) is 38.9 Å². The molecule has 1 rings (SSSR count). The number of rotatable bonds is 4. The summed E-state index contributed by atoms with van der Waals surface area (Å²) in [7, 11) is -2.63. The molecule has 0 heterocycles. The summed E-state index contributed by atoms with van der Waals surface area (Å²) < 4.78 is 6.08. The Morgan fingerprint density at radius 2 is 1.47 bits per heavy atom. The molecular weight excluding hydrogens is 240 g/mol. The molecule has 0 aromatic heterocycles. The highest BCUT2D eigenvalue weighted by Gasteiger charge is 2.29. The summed E-state index contributed by atoms with van der Waals surface area (Å²) in [5.41, 5.74) is 0. The molecule has 0 bridgehead atoms. The molecule has 1 nitrogen and oxygen atoms in total. The third-order valence-corrected chi connectivity index (χ3v) is 6.53. The van der Waals surface area contributed by atoms with Crippen molar-refractivity contribution >= 4 is 16.4 Å². The minimum atomic E-state index is -1.42. The quantitative estimate of drug-likeness (QED) is 0.505. The summed E-state index contributed by atoms with van der Waals surface area (Å²) >= 11 is 0. The third-order valence-electron chi connectivity index (χ3n) is 3.45. The monoisotopic (exact) mass is 270 g/mol. The maximum absolute atomic E-state index is 6.08. The number of hydrogen-bond acceptors (Lipinski definition) is 1. The molecule has 0 unspecified atom stereocenters. The zero-order valence-corrected chi connectivity index (χ0v) is 14.6. The van der Waals surface area contributed by atoms with E-state index in [4.69, 9.17) is 4.43 Å². The average molecular weight is 271 g/mol. The van der Waals surface area contributed by atoms with Crippen LogP contribution in [0.15, 0.2) is 11.5 Å². The van der Waals surface area contributed by atoms with Crippen molar-refractivity contribution in [2.75, 3.05) is 0 Å². The molecule has 100 valence electrons. The molecule has 0 N–H and O–H groups in total. The lowest BCUT2D eigenvalue weighted by molar-refractivity contribution is 0.395. The van der Waals surface area contributed by atoms with Gasteiger partial charge >= 0.3 is 0 Å². The van der Waals surface area contributed by atoms with Crippen LogP contribution in [-0.2, 0) is 4.43 Å². The summed E-state index contributed by atoms with van der Waals surface area (Å²) in [5.74, 6) is 0.826. The van der Waals surface area contributed by atoms with E-state index in [1.165, 1.54) is 32.1 Å². The van der Waals surface area contributed by atoms with Crippen LogP contribution in [0.1, 0.15) is 32.1 Å². The summed E-state index contributed by atoms with van der Waals surface area (Å²) in [6, 6.07) is 0. The van der Waals surface area contributed by atoms with Gasteiger partial charge in [0, 0.05) is 0 Å². The van der Waals surface area contributed by atoms with Crippen molar-refractivity contribution in [3.63, 3.8) is 0 Å². The van der Waals surface area contributed by atoms with Crippen molar-refractivity contribution in [2.24, 2.45) is 5.92 Å². The maximum atomic E-state index is 6.08. The van der Waals surface area contributed by atoms with E-state index in [9.17, 15) is 0 Å². The van der Waals surface area contributed by atoms with E-state index in [2.05, 4.69) is 45.5 Å². The Morgan fingerprint density at radius 3 is 1.88 bits per heavy atom. The lowest BCUT2D eigenvalue weighted by Crippen LogP contribution is -2.32. The predicted molar refractivity (Wildman–Crippen MR) is 82.4 cm³/mol. The van der Waals surface area contributed by atoms with Crippen LogP contribution < -0.4 is 0 Å². The van der Waals surface area contributed by atoms with E-state index < -0.39 is 16.4 Å². The second-order valence-corrected chi connectivity index (χ2v) is 16.9. The Balaban J connectivity index is 2.80. The predicted octanol–water partition coefficient (Wildman–Crippen LogP) is 5.18. The van der Waals surface area contributed by atoms with E-state index in [1.807, 2.05) is 0 Å². The van der Waals surface area contributed by atoms with Gasteiger partial charge < -0.3 is 4.43 Å². The van der Waals surface area contributed by atoms with Crippen LogP contribution >= 0.6 is 0 Å². The molecule has 3 heteroatoms. The lowest BCUT2D eigenvalue weighted by atomic mass is 9.89. The summed E-state index contributed by atoms with van der Waals surface area (Å²) in [5, 5.41) is 1.68. The second kappa shape index (κ2) is 5.74. The molecule has 0 spiro atoms. The molecule has 1 saturated carbocycles. The minimum absolute atomic E-state index is 0.826. The molecule has 0 aromatic rings. The maximum Gasteiger partial charge on any atom is 0.241 e. The van der Waals surface area contributed by atoms with Crippen LogP contribution in [0.3, 0.4) is 0 Å². The molecule has 0 radical (unpaired) electrons. The average Bonchev–Trinajstić information content (AvgIpc) is 2.15. The zero-order valence-electron chi connectivity index (χ0n) is 12.6. The highest BCUT2D eigenvalue weighted by molar-refractivity contribution is 6.83. The molecule has 0 aromatic carbocycles. The summed E-state index contributed by atoms with van der Waals surface area (Å²) in [6.07, 6.45) is 9.24. The van der Waals surface area contributed by atoms with Gasteiger partial charge in [0.15, 0.2) is 0 Å². The van der Waals surface area contributed by atoms with Gasteiger partial charge in [0.05, 0.1) is 14.3 Å². The van der Waals surface area contributed by atoms with Gasteiger partial charge in [-0.25, -0.2) is 0 Å². The van der Waals surface area contributed by atoms with Crippen molar-refractivity contribution in [1.29, 1.82) is 0 Å². The van der Waals surface area contributed by atoms with Crippen molar-refractivity contribution in [2.45, 2.75) is 71.4 Å². The molecular formula is C14H30OSi2. The minimum Gasteiger partial charge on any atom is -0.550 e. The molecule has 1 aliphatic rings. The Hall–Kier alpha value is -0.0262. The SMILES string of the molecule is C[Si](C)(C)O/C=C(/C1CCCCC1)[Si](C)(C)C. The number of allylic oxidation sites excluding steroid dienone is 1. The fourth-order valence-electron chi connectivity index (χ4n) is 2.54. The van der Waals surface area contributed by atoms with Crippen molar-refractivity contribution in [1.82, 2.24) is 0 Å². The van der Waals surface area contributed by atoms with E-state index >= 15 is 0 Å². The molecule has 1 aliphatic carbocycles. The van der Waals surface area contributed by atoms with Crippen molar-refractivity contribution < 1.29 is 4.43 Å². The number of hydrogen-bond donors (Lipinski definition) is 0. The first kappa shape index (κ1) is 15.0. The van der Waals surface area contributed by atoms with Gasteiger partial charge in [-0.05, 0) is 43.6 Å². The normalized spacial score (nSPS) is 20.5. The van der Waals surface area contributed by atoms with Crippen LogP contribution in [0.25, 0.3) is 0 Å². The standard InChI is InChI=1S/C14H30OSi2/c1-16(2,3)14(12-15-17(4,5)6)13-10-8-7-9-11-13/h12-13H,7-11H2,1-6H3/b14-12-. The van der Waals surface area contributed by atoms with Crippen LogP contribution in [0.4, 0.5) is 0 Å². The molecule has 0 amide bonds. The van der Waals surface area contributed by atoms with Gasteiger partial charge in [-0.15, -0.1) is 0 Å². The van der Waals surface area contributed by atoms with Crippen LogP contribution in [0.2, 0.25) is 39.3 Å². The van der Waals surface area contributed by atoms with Crippen LogP contribution in [0.5, 0.6) is 0 Å². The first-order valence-electron chi connectivity index (χ1n) is 7.08. The Morgan fingerprint density at radius 1 is 0.941 bits per heavy atom. The van der Waals surface area contributed by atoms with Gasteiger partial charge in [-0.3, -0.25) is 0 Å². The fraction of sp³-hybridized carbons (Fsp3) is 0.857. The van der Waals surface area contributed by atoms with Gasteiger partial charge in [-0.2, -0.15) is 0 Å². The fourth-order valence-corrected chi connectivity index (χ4v) is 5.06. The van der Waals surface area contributed by atoms with Gasteiger partial charge in [0.1, 0.15) is 0 Å². The van der Waals surface area contributed by atoms with Crippen LogP contribution in [-0.4, -0.2) is 16.4 Å². The molecule has 0 aliphatic heterocycles. The summed E-state index contributed by atoms with van der Waals surface area (Å²) in [4.78, 5) is 0. The smallest absolute Gasteiger partial charge is 0.241 e. The Bertz CT molecular complexity index is 265. The first-order valence-corrected chi connectivity index (χ1v) is 14.0. The Kier molecular flexibility index (Phi) is 5.08. The van der Waals surface area contributed by atoms with Crippen LogP contribution in [0, 0.1) is 5.92 Å². The molecule has 1 fully saturated rings. The highest BCUT2D eigenvalue weighted by atomic mass is 28.4. The van der Waals surface area contributed by atoms with E-state index in [0.717, 1.165) is 5.92 Å². The molecule has 0 saturated heterocycles. The lowest BCUT2D eigenvalue weighted by Gasteiger charge is -2.32. The first-order chi connectivity index (χ1) is 7.70. The molecule has 17 heavy (non-hydrogen) atoms. The van der Waals surface area contributed by atoms with E-state index in [1.54, 1.807) is 5.20 Å². The van der Waals surface area contributed by atoms with E-state index in [-0.39, 0.29) is 0 Å². The zero-order chi connectivity index (χ0) is 13.1. The second-order valence-electron chi connectivity index (χ2n) is 7.39. The third kappa shape index (κ3) is 5.43. The van der Waals surface area contributed by atoms with Crippen molar-refractivity contribution in [3.05, 3.63) is 11.5 Å². The summed E-state index contributed by atoms with van der Waals surface area (Å²) in [6.45, 7) is 14.2. The van der Waals surface area contributed by atoms with E-state index in [0.29, 0.717) is 0 Å². The van der Waals surface area contributed by atoms with Gasteiger partial charge in [0.2, 0.25) is 8.32 Å². The largest absolute Gasteiger partial charge is 0.550 e. The molecule has 0 atom stereocenters.